The highest BCUT2D eigenvalue weighted by Crippen LogP contribution is 2.43. The second-order valence-electron chi connectivity index (χ2n) is 6.83. The molecule has 1 unspecified atom stereocenters. The van der Waals surface area contributed by atoms with Crippen LogP contribution in [0.2, 0.25) is 0 Å². The van der Waals surface area contributed by atoms with Gasteiger partial charge in [-0.3, -0.25) is 14.5 Å². The van der Waals surface area contributed by atoms with Crippen LogP contribution in [0.5, 0.6) is 5.75 Å². The first-order valence-electron chi connectivity index (χ1n) is 9.18. The van der Waals surface area contributed by atoms with Gasteiger partial charge in [0.2, 0.25) is 0 Å². The third kappa shape index (κ3) is 3.41. The third-order valence-corrected chi connectivity index (χ3v) is 5.45. The van der Waals surface area contributed by atoms with E-state index in [9.17, 15) is 14.7 Å². The molecule has 1 atom stereocenters. The minimum absolute atomic E-state index is 0.0282. The van der Waals surface area contributed by atoms with Crippen molar-refractivity contribution < 1.29 is 23.8 Å². The van der Waals surface area contributed by atoms with E-state index in [0.717, 1.165) is 4.47 Å². The van der Waals surface area contributed by atoms with Gasteiger partial charge in [0.15, 0.2) is 0 Å². The number of rotatable bonds is 4. The molecule has 152 valence electrons. The average Bonchev–Trinajstić information content (AvgIpc) is 3.29. The lowest BCUT2D eigenvalue weighted by Crippen LogP contribution is -2.29. The third-order valence-electron chi connectivity index (χ3n) is 4.92. The van der Waals surface area contributed by atoms with Gasteiger partial charge in [-0.05, 0) is 43.3 Å². The highest BCUT2D eigenvalue weighted by molar-refractivity contribution is 9.10. The molecule has 2 aromatic carbocycles. The Kier molecular flexibility index (Phi) is 5.22. The molecule has 0 saturated carbocycles. The van der Waals surface area contributed by atoms with Gasteiger partial charge in [-0.2, -0.15) is 0 Å². The predicted molar refractivity (Wildman–Crippen MR) is 115 cm³/mol. The van der Waals surface area contributed by atoms with E-state index in [1.54, 1.807) is 67.6 Å². The first-order chi connectivity index (χ1) is 14.4. The fraction of sp³-hybridized carbons (Fsp3) is 0.130. The molecule has 30 heavy (non-hydrogen) atoms. The first-order valence-corrected chi connectivity index (χ1v) is 9.97. The molecule has 1 amide bonds. The van der Waals surface area contributed by atoms with Crippen molar-refractivity contribution in [3.05, 3.63) is 87.8 Å². The molecule has 1 aromatic heterocycles. The van der Waals surface area contributed by atoms with E-state index in [2.05, 4.69) is 15.9 Å². The molecule has 6 nitrogen and oxygen atoms in total. The number of carbonyl (C=O) groups excluding carboxylic acids is 2. The number of amides is 1. The Morgan fingerprint density at radius 2 is 1.83 bits per heavy atom. The van der Waals surface area contributed by atoms with Crippen LogP contribution in [0.25, 0.3) is 5.76 Å². The molecule has 1 N–H and O–H groups in total. The van der Waals surface area contributed by atoms with Gasteiger partial charge >= 0.3 is 0 Å². The maximum absolute atomic E-state index is 13.0. The molecule has 1 saturated heterocycles. The summed E-state index contributed by atoms with van der Waals surface area (Å²) in [4.78, 5) is 27.4. The number of ketones is 1. The Hall–Kier alpha value is -3.32. The fourth-order valence-electron chi connectivity index (χ4n) is 3.49. The Bertz CT molecular complexity index is 1160. The van der Waals surface area contributed by atoms with Gasteiger partial charge in [0.25, 0.3) is 11.7 Å². The van der Waals surface area contributed by atoms with Gasteiger partial charge in [0.05, 0.1) is 12.7 Å². The summed E-state index contributed by atoms with van der Waals surface area (Å²) in [6.45, 7) is 1.77. The van der Waals surface area contributed by atoms with Crippen molar-refractivity contribution in [2.75, 3.05) is 12.0 Å². The molecule has 1 fully saturated rings. The number of methoxy groups -OCH3 is 1. The molecule has 4 rings (SSSR count). The summed E-state index contributed by atoms with van der Waals surface area (Å²) in [6.07, 6.45) is 0. The first kappa shape index (κ1) is 20.0. The van der Waals surface area contributed by atoms with Gasteiger partial charge in [0.1, 0.15) is 29.1 Å². The van der Waals surface area contributed by atoms with E-state index in [1.807, 2.05) is 0 Å². The SMILES string of the molecule is COc1cccc(N2C(=O)C(=O)/C(=C(\O)c3ccc(Br)cc3)C2c2ccc(C)o2)c1. The number of aliphatic hydroxyl groups is 1. The number of hydrogen-bond donors (Lipinski definition) is 1. The van der Waals surface area contributed by atoms with Crippen LogP contribution in [0.3, 0.4) is 0 Å². The molecule has 1 aliphatic heterocycles. The van der Waals surface area contributed by atoms with Crippen molar-refractivity contribution in [3.8, 4) is 5.75 Å². The van der Waals surface area contributed by atoms with E-state index < -0.39 is 17.7 Å². The molecule has 0 radical (unpaired) electrons. The van der Waals surface area contributed by atoms with Gasteiger partial charge in [0, 0.05) is 21.8 Å². The molecule has 1 aliphatic rings. The van der Waals surface area contributed by atoms with Crippen LogP contribution in [0.1, 0.15) is 23.1 Å². The number of halogens is 1. The average molecular weight is 468 g/mol. The number of aliphatic hydroxyl groups excluding tert-OH is 1. The Balaban J connectivity index is 1.93. The fourth-order valence-corrected chi connectivity index (χ4v) is 3.76. The van der Waals surface area contributed by atoms with Crippen molar-refractivity contribution in [1.29, 1.82) is 0 Å². The van der Waals surface area contributed by atoms with E-state index in [4.69, 9.17) is 9.15 Å². The zero-order chi connectivity index (χ0) is 21.4. The van der Waals surface area contributed by atoms with Crippen molar-refractivity contribution in [2.24, 2.45) is 0 Å². The van der Waals surface area contributed by atoms with Gasteiger partial charge < -0.3 is 14.3 Å². The number of aryl methyl sites for hydroxylation is 1. The summed E-state index contributed by atoms with van der Waals surface area (Å²) < 4.78 is 11.9. The molecule has 3 aromatic rings. The minimum Gasteiger partial charge on any atom is -0.507 e. The number of Topliss-reactive ketones (excluding diaryl/α,β-unsaturated/α-hetero) is 1. The Morgan fingerprint density at radius 1 is 1.10 bits per heavy atom. The van der Waals surface area contributed by atoms with Crippen LogP contribution in [0.15, 0.2) is 75.1 Å². The predicted octanol–water partition coefficient (Wildman–Crippen LogP) is 4.99. The number of ether oxygens (including phenoxy) is 1. The largest absolute Gasteiger partial charge is 0.507 e. The summed E-state index contributed by atoms with van der Waals surface area (Å²) in [7, 11) is 1.52. The summed E-state index contributed by atoms with van der Waals surface area (Å²) in [5.41, 5.74) is 0.861. The lowest BCUT2D eigenvalue weighted by atomic mass is 9.99. The normalized spacial score (nSPS) is 18.1. The van der Waals surface area contributed by atoms with Crippen LogP contribution in [0.4, 0.5) is 5.69 Å². The van der Waals surface area contributed by atoms with E-state index in [-0.39, 0.29) is 11.3 Å². The number of furan rings is 1. The lowest BCUT2D eigenvalue weighted by molar-refractivity contribution is -0.132. The van der Waals surface area contributed by atoms with Crippen LogP contribution in [-0.2, 0) is 9.59 Å². The summed E-state index contributed by atoms with van der Waals surface area (Å²) in [5, 5.41) is 11.0. The highest BCUT2D eigenvalue weighted by atomic mass is 79.9. The molecular formula is C23H18BrNO5. The highest BCUT2D eigenvalue weighted by Gasteiger charge is 2.48. The van der Waals surface area contributed by atoms with Crippen LogP contribution in [-0.4, -0.2) is 23.9 Å². The van der Waals surface area contributed by atoms with Crippen LogP contribution < -0.4 is 9.64 Å². The zero-order valence-electron chi connectivity index (χ0n) is 16.3. The molecule has 2 heterocycles. The Morgan fingerprint density at radius 3 is 2.47 bits per heavy atom. The van der Waals surface area contributed by atoms with E-state index in [0.29, 0.717) is 28.5 Å². The molecular weight excluding hydrogens is 450 g/mol. The van der Waals surface area contributed by atoms with E-state index in [1.165, 1.54) is 12.0 Å². The molecule has 7 heteroatoms. The number of nitrogens with zero attached hydrogens (tertiary/aromatic N) is 1. The quantitative estimate of drug-likeness (QED) is 0.332. The van der Waals surface area contributed by atoms with Gasteiger partial charge in [-0.15, -0.1) is 0 Å². The van der Waals surface area contributed by atoms with Crippen LogP contribution in [0, 0.1) is 6.92 Å². The maximum Gasteiger partial charge on any atom is 0.300 e. The van der Waals surface area contributed by atoms with Crippen molar-refractivity contribution in [3.63, 3.8) is 0 Å². The molecule has 0 aliphatic carbocycles. The second-order valence-corrected chi connectivity index (χ2v) is 7.74. The summed E-state index contributed by atoms with van der Waals surface area (Å²) in [5.74, 6) is -0.238. The van der Waals surface area contributed by atoms with Gasteiger partial charge in [-0.1, -0.05) is 34.1 Å². The monoisotopic (exact) mass is 467 g/mol. The maximum atomic E-state index is 13.0. The van der Waals surface area contributed by atoms with Crippen molar-refractivity contribution in [1.82, 2.24) is 0 Å². The Labute approximate surface area is 181 Å². The lowest BCUT2D eigenvalue weighted by Gasteiger charge is -2.23. The standard InChI is InChI=1S/C23H18BrNO5/c1-13-6-11-18(30-13)20-19(21(26)14-7-9-15(24)10-8-14)22(27)23(28)25(20)16-4-3-5-17(12-16)29-2/h3-12,20,26H,1-2H3/b21-19-. The zero-order valence-corrected chi connectivity index (χ0v) is 17.8. The smallest absolute Gasteiger partial charge is 0.300 e. The van der Waals surface area contributed by atoms with E-state index >= 15 is 0 Å². The summed E-state index contributed by atoms with van der Waals surface area (Å²) in [6, 6.07) is 16.2. The van der Waals surface area contributed by atoms with Crippen molar-refractivity contribution in [2.45, 2.75) is 13.0 Å². The minimum atomic E-state index is -0.908. The van der Waals surface area contributed by atoms with Gasteiger partial charge in [-0.25, -0.2) is 0 Å². The number of benzene rings is 2. The number of anilines is 1. The number of carbonyl (C=O) groups is 2. The van der Waals surface area contributed by atoms with Crippen LogP contribution >= 0.6 is 15.9 Å². The topological polar surface area (TPSA) is 80.0 Å². The second kappa shape index (κ2) is 7.84. The molecule has 0 bridgehead atoms. The molecule has 0 spiro atoms. The number of hydrogen-bond acceptors (Lipinski definition) is 5. The summed E-state index contributed by atoms with van der Waals surface area (Å²) >= 11 is 3.35. The van der Waals surface area contributed by atoms with Crippen molar-refractivity contribution >= 4 is 39.1 Å².